The normalized spacial score (nSPS) is 16.2. The maximum Gasteiger partial charge on any atom is 0.257 e. The zero-order valence-electron chi connectivity index (χ0n) is 10.6. The summed E-state index contributed by atoms with van der Waals surface area (Å²) >= 11 is 0. The number of benzene rings is 1. The molecule has 98 valence electrons. The molecule has 1 aliphatic heterocycles. The number of methoxy groups -OCH3 is 1. The Bertz CT molecular complexity index is 426. The highest BCUT2D eigenvalue weighted by Gasteiger charge is 2.21. The molecule has 0 radical (unpaired) electrons. The van der Waals surface area contributed by atoms with E-state index in [0.717, 1.165) is 38.8 Å². The van der Waals surface area contributed by atoms with E-state index in [1.54, 1.807) is 4.90 Å². The molecular formula is C14H18FNO2. The summed E-state index contributed by atoms with van der Waals surface area (Å²) in [5.74, 6) is -0.104. The Morgan fingerprint density at radius 3 is 2.50 bits per heavy atom. The highest BCUT2D eigenvalue weighted by atomic mass is 19.1. The van der Waals surface area contributed by atoms with E-state index in [-0.39, 0.29) is 5.91 Å². The molecule has 0 saturated carbocycles. The van der Waals surface area contributed by atoms with Crippen molar-refractivity contribution in [2.45, 2.75) is 25.7 Å². The molecule has 1 fully saturated rings. The molecule has 0 atom stereocenters. The lowest BCUT2D eigenvalue weighted by Crippen LogP contribution is -2.32. The minimum absolute atomic E-state index is 0.131. The molecule has 3 nitrogen and oxygen atoms in total. The van der Waals surface area contributed by atoms with Gasteiger partial charge in [-0.15, -0.1) is 0 Å². The van der Waals surface area contributed by atoms with Gasteiger partial charge in [-0.05, 0) is 31.0 Å². The monoisotopic (exact) mass is 251 g/mol. The van der Waals surface area contributed by atoms with Crippen molar-refractivity contribution >= 4 is 5.91 Å². The third-order valence-electron chi connectivity index (χ3n) is 3.29. The van der Waals surface area contributed by atoms with Crippen LogP contribution in [0.3, 0.4) is 0 Å². The topological polar surface area (TPSA) is 29.5 Å². The highest BCUT2D eigenvalue weighted by Crippen LogP contribution is 2.22. The molecule has 1 aromatic carbocycles. The molecule has 1 aliphatic rings. The fraction of sp³-hybridized carbons (Fsp3) is 0.500. The lowest BCUT2D eigenvalue weighted by atomic mass is 10.1. The fourth-order valence-electron chi connectivity index (χ4n) is 2.29. The zero-order valence-corrected chi connectivity index (χ0v) is 10.6. The molecule has 0 bridgehead atoms. The van der Waals surface area contributed by atoms with E-state index in [9.17, 15) is 9.18 Å². The van der Waals surface area contributed by atoms with Crippen molar-refractivity contribution in [2.24, 2.45) is 0 Å². The molecule has 1 amide bonds. The first-order valence-corrected chi connectivity index (χ1v) is 6.35. The van der Waals surface area contributed by atoms with E-state index >= 15 is 0 Å². The van der Waals surface area contributed by atoms with E-state index in [4.69, 9.17) is 4.74 Å². The maximum atomic E-state index is 13.3. The molecule has 0 aliphatic carbocycles. The van der Waals surface area contributed by atoms with Crippen molar-refractivity contribution in [3.8, 4) is 5.75 Å². The molecule has 4 heteroatoms. The summed E-state index contributed by atoms with van der Waals surface area (Å²) in [5, 5.41) is 0. The molecule has 1 aromatic rings. The molecular weight excluding hydrogens is 233 g/mol. The van der Waals surface area contributed by atoms with Crippen LogP contribution in [-0.2, 0) is 0 Å². The summed E-state index contributed by atoms with van der Waals surface area (Å²) in [7, 11) is 1.49. The van der Waals surface area contributed by atoms with Crippen LogP contribution in [0.5, 0.6) is 5.75 Å². The Labute approximate surface area is 107 Å². The maximum absolute atomic E-state index is 13.3. The largest absolute Gasteiger partial charge is 0.496 e. The molecule has 2 rings (SSSR count). The van der Waals surface area contributed by atoms with Crippen molar-refractivity contribution in [1.82, 2.24) is 4.90 Å². The van der Waals surface area contributed by atoms with Crippen LogP contribution in [-0.4, -0.2) is 31.0 Å². The van der Waals surface area contributed by atoms with Crippen LogP contribution in [0, 0.1) is 5.82 Å². The number of carbonyl (C=O) groups excluding carboxylic acids is 1. The quantitative estimate of drug-likeness (QED) is 0.809. The average molecular weight is 251 g/mol. The van der Waals surface area contributed by atoms with Gasteiger partial charge in [0.15, 0.2) is 0 Å². The second-order valence-electron chi connectivity index (χ2n) is 4.55. The van der Waals surface area contributed by atoms with E-state index in [2.05, 4.69) is 0 Å². The van der Waals surface area contributed by atoms with Gasteiger partial charge in [0.2, 0.25) is 0 Å². The molecule has 0 N–H and O–H groups in total. The number of likely N-dealkylation sites (tertiary alicyclic amines) is 1. The molecule has 1 saturated heterocycles. The van der Waals surface area contributed by atoms with Gasteiger partial charge in [-0.25, -0.2) is 4.39 Å². The van der Waals surface area contributed by atoms with Crippen molar-refractivity contribution in [3.05, 3.63) is 29.6 Å². The Hall–Kier alpha value is -1.58. The third kappa shape index (κ3) is 2.81. The number of halogens is 1. The van der Waals surface area contributed by atoms with Crippen LogP contribution >= 0.6 is 0 Å². The molecule has 0 spiro atoms. The van der Waals surface area contributed by atoms with E-state index in [1.165, 1.54) is 25.3 Å². The van der Waals surface area contributed by atoms with E-state index in [1.807, 2.05) is 0 Å². The summed E-state index contributed by atoms with van der Waals surface area (Å²) in [4.78, 5) is 14.2. The third-order valence-corrected chi connectivity index (χ3v) is 3.29. The van der Waals surface area contributed by atoms with Gasteiger partial charge in [0, 0.05) is 13.1 Å². The Kier molecular flexibility index (Phi) is 4.18. The first-order chi connectivity index (χ1) is 8.72. The molecule has 18 heavy (non-hydrogen) atoms. The van der Waals surface area contributed by atoms with E-state index in [0.29, 0.717) is 11.3 Å². The molecule has 1 heterocycles. The average Bonchev–Trinajstić information content (AvgIpc) is 2.66. The Balaban J connectivity index is 2.23. The van der Waals surface area contributed by atoms with Crippen LogP contribution in [0.1, 0.15) is 36.0 Å². The summed E-state index contributed by atoms with van der Waals surface area (Å²) in [6.45, 7) is 1.50. The zero-order chi connectivity index (χ0) is 13.0. The number of nitrogens with zero attached hydrogens (tertiary/aromatic N) is 1. The summed E-state index contributed by atoms with van der Waals surface area (Å²) in [6.07, 6.45) is 4.35. The minimum atomic E-state index is -0.408. The van der Waals surface area contributed by atoms with Gasteiger partial charge in [0.1, 0.15) is 11.6 Å². The SMILES string of the molecule is COc1ccc(F)cc1C(=O)N1CCCCCC1. The minimum Gasteiger partial charge on any atom is -0.496 e. The number of ether oxygens (including phenoxy) is 1. The van der Waals surface area contributed by atoms with Crippen LogP contribution in [0.2, 0.25) is 0 Å². The van der Waals surface area contributed by atoms with Crippen molar-refractivity contribution in [2.75, 3.05) is 20.2 Å². The van der Waals surface area contributed by atoms with Crippen LogP contribution < -0.4 is 4.74 Å². The lowest BCUT2D eigenvalue weighted by Gasteiger charge is -2.21. The lowest BCUT2D eigenvalue weighted by molar-refractivity contribution is 0.0757. The first-order valence-electron chi connectivity index (χ1n) is 6.35. The van der Waals surface area contributed by atoms with Gasteiger partial charge in [0.05, 0.1) is 12.7 Å². The summed E-state index contributed by atoms with van der Waals surface area (Å²) < 4.78 is 18.4. The van der Waals surface area contributed by atoms with Gasteiger partial charge in [-0.2, -0.15) is 0 Å². The predicted octanol–water partition coefficient (Wildman–Crippen LogP) is 2.85. The van der Waals surface area contributed by atoms with Crippen LogP contribution in [0.4, 0.5) is 4.39 Å². The van der Waals surface area contributed by atoms with Crippen molar-refractivity contribution < 1.29 is 13.9 Å². The number of amides is 1. The second kappa shape index (κ2) is 5.85. The van der Waals surface area contributed by atoms with Gasteiger partial charge in [-0.3, -0.25) is 4.79 Å². The summed E-state index contributed by atoms with van der Waals surface area (Å²) in [5.41, 5.74) is 0.319. The molecule has 0 aromatic heterocycles. The van der Waals surface area contributed by atoms with Crippen LogP contribution in [0.15, 0.2) is 18.2 Å². The first kappa shape index (κ1) is 12.9. The molecule has 0 unspecified atom stereocenters. The predicted molar refractivity (Wildman–Crippen MR) is 67.3 cm³/mol. The number of rotatable bonds is 2. The van der Waals surface area contributed by atoms with Crippen molar-refractivity contribution in [1.29, 1.82) is 0 Å². The Morgan fingerprint density at radius 1 is 1.22 bits per heavy atom. The van der Waals surface area contributed by atoms with Crippen LogP contribution in [0.25, 0.3) is 0 Å². The smallest absolute Gasteiger partial charge is 0.257 e. The van der Waals surface area contributed by atoms with Gasteiger partial charge in [-0.1, -0.05) is 12.8 Å². The van der Waals surface area contributed by atoms with Gasteiger partial charge >= 0.3 is 0 Å². The number of hydrogen-bond donors (Lipinski definition) is 0. The Morgan fingerprint density at radius 2 is 1.89 bits per heavy atom. The number of carbonyl (C=O) groups is 1. The highest BCUT2D eigenvalue weighted by molar-refractivity contribution is 5.97. The number of hydrogen-bond acceptors (Lipinski definition) is 2. The summed E-state index contributed by atoms with van der Waals surface area (Å²) in [6, 6.07) is 4.06. The standard InChI is InChI=1S/C14H18FNO2/c1-18-13-7-6-11(15)10-12(13)14(17)16-8-4-2-3-5-9-16/h6-7,10H,2-5,8-9H2,1H3. The fourth-order valence-corrected chi connectivity index (χ4v) is 2.29. The second-order valence-corrected chi connectivity index (χ2v) is 4.55. The van der Waals surface area contributed by atoms with Gasteiger partial charge in [0.25, 0.3) is 5.91 Å². The van der Waals surface area contributed by atoms with E-state index < -0.39 is 5.82 Å². The van der Waals surface area contributed by atoms with Crippen molar-refractivity contribution in [3.63, 3.8) is 0 Å². The van der Waals surface area contributed by atoms with Gasteiger partial charge < -0.3 is 9.64 Å².